The number of rotatable bonds is 19. The first-order chi connectivity index (χ1) is 30.2. The molecule has 2 aliphatic heterocycles. The maximum absolute atomic E-state index is 13.7. The number of amides is 1. The van der Waals surface area contributed by atoms with Gasteiger partial charge in [-0.25, -0.2) is 4.79 Å². The van der Waals surface area contributed by atoms with Crippen LogP contribution in [0.3, 0.4) is 0 Å². The molecule has 2 aliphatic rings. The van der Waals surface area contributed by atoms with Gasteiger partial charge in [-0.3, -0.25) is 23.6 Å². The summed E-state index contributed by atoms with van der Waals surface area (Å²) in [6.07, 6.45) is 1.98. The van der Waals surface area contributed by atoms with Crippen molar-refractivity contribution >= 4 is 53.3 Å². The minimum absolute atomic E-state index is 0.0539. The second-order valence-electron chi connectivity index (χ2n) is 14.6. The van der Waals surface area contributed by atoms with Gasteiger partial charge in [0.1, 0.15) is 35.2 Å². The van der Waals surface area contributed by atoms with Crippen molar-refractivity contribution in [3.8, 4) is 11.5 Å². The monoisotopic (exact) mass is 896 g/mol. The van der Waals surface area contributed by atoms with Gasteiger partial charge in [0, 0.05) is 49.7 Å². The number of methoxy groups -OCH3 is 2. The summed E-state index contributed by atoms with van der Waals surface area (Å²) in [6, 6.07) is 35.8. The summed E-state index contributed by atoms with van der Waals surface area (Å²) in [5.41, 5.74) is 1.28. The van der Waals surface area contributed by atoms with Gasteiger partial charge in [0.25, 0.3) is 11.0 Å². The van der Waals surface area contributed by atoms with Crippen molar-refractivity contribution in [3.05, 3.63) is 154 Å². The van der Waals surface area contributed by atoms with Crippen LogP contribution in [0, 0.1) is 0 Å². The lowest BCUT2D eigenvalue weighted by Gasteiger charge is -2.37. The van der Waals surface area contributed by atoms with Crippen LogP contribution in [0.4, 0.5) is 5.82 Å². The molecule has 4 aromatic carbocycles. The van der Waals surface area contributed by atoms with E-state index in [9.17, 15) is 19.2 Å². The van der Waals surface area contributed by atoms with Crippen molar-refractivity contribution in [1.29, 1.82) is 0 Å². The zero-order valence-corrected chi connectivity index (χ0v) is 37.2. The third-order valence-electron chi connectivity index (χ3n) is 10.6. The predicted molar refractivity (Wildman–Crippen MR) is 243 cm³/mol. The number of aromatic nitrogens is 2. The highest BCUT2D eigenvalue weighted by Gasteiger charge is 2.44. The first-order valence-corrected chi connectivity index (χ1v) is 24.1. The summed E-state index contributed by atoms with van der Waals surface area (Å²) in [4.78, 5) is 54.5. The van der Waals surface area contributed by atoms with Crippen molar-refractivity contribution in [1.82, 2.24) is 14.2 Å². The Hall–Kier alpha value is -4.86. The van der Waals surface area contributed by atoms with Crippen LogP contribution in [0.5, 0.6) is 11.5 Å². The number of nitrogens with zero attached hydrogens (tertiary/aromatic N) is 3. The minimum Gasteiger partial charge on any atom is -0.497 e. The van der Waals surface area contributed by atoms with Gasteiger partial charge in [0.05, 0.1) is 26.9 Å². The van der Waals surface area contributed by atoms with Crippen molar-refractivity contribution < 1.29 is 37.9 Å². The molecule has 0 saturated carbocycles. The number of thioether (sulfide) groups is 1. The predicted octanol–water partition coefficient (Wildman–Crippen LogP) is 8.10. The van der Waals surface area contributed by atoms with E-state index < -0.39 is 48.1 Å². The van der Waals surface area contributed by atoms with Gasteiger partial charge >= 0.3 is 5.69 Å². The van der Waals surface area contributed by atoms with Crippen LogP contribution in [0.25, 0.3) is 0 Å². The summed E-state index contributed by atoms with van der Waals surface area (Å²) < 4.78 is 36.0. The third kappa shape index (κ3) is 10.8. The van der Waals surface area contributed by atoms with Gasteiger partial charge in [-0.15, -0.1) is 0 Å². The fourth-order valence-electron chi connectivity index (χ4n) is 7.40. The number of benzene rings is 4. The van der Waals surface area contributed by atoms with E-state index in [0.29, 0.717) is 35.0 Å². The maximum Gasteiger partial charge on any atom is 0.351 e. The van der Waals surface area contributed by atoms with Gasteiger partial charge in [-0.05, 0) is 72.0 Å². The van der Waals surface area contributed by atoms with E-state index in [1.807, 2.05) is 84.9 Å². The largest absolute Gasteiger partial charge is 0.497 e. The molecule has 1 amide bonds. The van der Waals surface area contributed by atoms with Crippen molar-refractivity contribution in [2.24, 2.45) is 0 Å². The number of Topliss-reactive ketones (excluding diaryl/α,β-unsaturated/α-hetero) is 1. The smallest absolute Gasteiger partial charge is 0.351 e. The molecule has 13 nitrogen and oxygen atoms in total. The number of ether oxygens (including phenoxy) is 4. The number of anilines is 1. The fourth-order valence-corrected chi connectivity index (χ4v) is 12.6. The Morgan fingerprint density at radius 3 is 2.00 bits per heavy atom. The van der Waals surface area contributed by atoms with Crippen LogP contribution in [0.1, 0.15) is 59.5 Å². The summed E-state index contributed by atoms with van der Waals surface area (Å²) >= 11 is 2.65. The molecule has 0 bridgehead atoms. The molecule has 0 spiro atoms. The molecule has 0 radical (unpaired) electrons. The Kier molecular flexibility index (Phi) is 15.7. The lowest BCUT2D eigenvalue weighted by molar-refractivity contribution is -0.130. The molecular weight excluding hydrogens is 848 g/mol. The quantitative estimate of drug-likeness (QED) is 0.0369. The highest BCUT2D eigenvalue weighted by atomic mass is 32.7. The molecule has 1 N–H and O–H groups in total. The molecule has 0 aliphatic carbocycles. The number of ketones is 1. The number of hydrogen-bond acceptors (Lipinski definition) is 13. The molecule has 1 aromatic heterocycles. The van der Waals surface area contributed by atoms with E-state index in [2.05, 4.69) is 15.0 Å². The van der Waals surface area contributed by atoms with E-state index in [-0.39, 0.29) is 18.3 Å². The topological polar surface area (TPSA) is 148 Å². The Labute approximate surface area is 370 Å². The normalized spacial score (nSPS) is 18.3. The van der Waals surface area contributed by atoms with Crippen molar-refractivity contribution in [2.45, 2.75) is 50.2 Å². The van der Waals surface area contributed by atoms with Crippen LogP contribution in [0.2, 0.25) is 0 Å². The van der Waals surface area contributed by atoms with Crippen LogP contribution in [-0.4, -0.2) is 88.7 Å². The average molecular weight is 897 g/mol. The second-order valence-corrected chi connectivity index (χ2v) is 19.3. The molecule has 5 aromatic rings. The second kappa shape index (κ2) is 21.5. The van der Waals surface area contributed by atoms with Crippen LogP contribution in [-0.2, 0) is 29.2 Å². The molecule has 16 heteroatoms. The molecule has 1 unspecified atom stereocenters. The first-order valence-electron chi connectivity index (χ1n) is 20.3. The summed E-state index contributed by atoms with van der Waals surface area (Å²) in [5, 5.41) is 2.26. The van der Waals surface area contributed by atoms with E-state index in [1.165, 1.54) is 11.5 Å². The van der Waals surface area contributed by atoms with E-state index >= 15 is 0 Å². The number of carbonyl (C=O) groups is 3. The molecule has 324 valence electrons. The van der Waals surface area contributed by atoms with Gasteiger partial charge in [-0.2, -0.15) is 4.98 Å². The highest BCUT2D eigenvalue weighted by molar-refractivity contribution is 8.53. The van der Waals surface area contributed by atoms with E-state index in [0.717, 1.165) is 54.4 Å². The van der Waals surface area contributed by atoms with Crippen LogP contribution >= 0.6 is 30.6 Å². The van der Waals surface area contributed by atoms with Gasteiger partial charge in [-0.1, -0.05) is 95.9 Å². The minimum atomic E-state index is -1.23. The zero-order chi connectivity index (χ0) is 43.5. The highest BCUT2D eigenvalue weighted by Crippen LogP contribution is 2.58. The fraction of sp³-hybridized carbons (Fsp3) is 0.326. The number of nitrogens with one attached hydrogen (secondary N) is 1. The lowest BCUT2D eigenvalue weighted by Crippen LogP contribution is -2.38. The lowest BCUT2D eigenvalue weighted by atomic mass is 9.80. The molecule has 62 heavy (non-hydrogen) atoms. The molecule has 4 atom stereocenters. The third-order valence-corrected chi connectivity index (χ3v) is 15.9. The SMILES string of the molecule is COc1ccc(C(OC[C@H]2O[C@@H](n3ccc(NC(=O)c4ccccc4)nc3=O)C[C@@H]2OP(SCCSC(=O)C(C)=O)N2CCCC2)(c2ccccc2)c2ccc(OC)cc2)cc1. The Bertz CT molecular complexity index is 2290. The van der Waals surface area contributed by atoms with Crippen molar-refractivity contribution in [3.63, 3.8) is 0 Å². The van der Waals surface area contributed by atoms with Crippen LogP contribution in [0.15, 0.2) is 126 Å². The zero-order valence-electron chi connectivity index (χ0n) is 34.7. The van der Waals surface area contributed by atoms with Gasteiger partial charge in [0.2, 0.25) is 5.78 Å². The van der Waals surface area contributed by atoms with Gasteiger partial charge < -0.3 is 28.8 Å². The standard InChI is InChI=1S/C46H49N4O9PS2/c1-32(51)44(53)61-28-29-62-60(49-25-10-11-26-49)59-39-30-42(50-27-24-41(48-45(50)54)47-43(52)33-12-6-4-7-13-33)58-40(39)31-57-46(34-14-8-5-9-15-34,35-16-20-37(55-2)21-17-35)36-18-22-38(56-3)23-19-36/h4-9,12-24,27,39-40,42H,10-11,25-26,28-31H2,1-3H3,(H,47,48,52,54)/t39-,40+,42+,60?/m0/s1. The van der Waals surface area contributed by atoms with Crippen LogP contribution < -0.4 is 20.5 Å². The summed E-state index contributed by atoms with van der Waals surface area (Å²) in [6.45, 7) is 3.06. The summed E-state index contributed by atoms with van der Waals surface area (Å²) in [7, 11) is 2.02. The van der Waals surface area contributed by atoms with Gasteiger partial charge in [0.15, 0.2) is 7.50 Å². The number of hydrogen-bond donors (Lipinski definition) is 1. The first kappa shape index (κ1) is 45.2. The molecule has 2 fully saturated rings. The average Bonchev–Trinajstić information content (AvgIpc) is 3.99. The molecule has 7 rings (SSSR count). The van der Waals surface area contributed by atoms with E-state index in [4.69, 9.17) is 23.5 Å². The Balaban J connectivity index is 1.22. The van der Waals surface area contributed by atoms with Crippen molar-refractivity contribution in [2.75, 3.05) is 50.7 Å². The summed E-state index contributed by atoms with van der Waals surface area (Å²) in [5.74, 6) is 1.72. The Morgan fingerprint density at radius 2 is 1.42 bits per heavy atom. The number of carbonyl (C=O) groups excluding carboxylic acids is 3. The maximum atomic E-state index is 13.7. The molecular formula is C46H49N4O9PS2. The van der Waals surface area contributed by atoms with E-state index in [1.54, 1.807) is 62.1 Å². The Morgan fingerprint density at radius 1 is 0.823 bits per heavy atom. The molecule has 3 heterocycles. The molecule has 2 saturated heterocycles.